The predicted octanol–water partition coefficient (Wildman–Crippen LogP) is 7.64. The molecule has 0 aliphatic carbocycles. The largest absolute Gasteiger partial charge is 0.0885 e. The van der Waals surface area contributed by atoms with E-state index in [-0.39, 0.29) is 0 Å². The lowest BCUT2D eigenvalue weighted by molar-refractivity contribution is 0.547. The second kappa shape index (κ2) is 18.7. The van der Waals surface area contributed by atoms with Crippen molar-refractivity contribution in [2.45, 2.75) is 110 Å². The molecule has 1 radical (unpaired) electrons. The third-order valence-corrected chi connectivity index (χ3v) is 4.01. The monoisotopic (exact) mass is 279 g/mol. The normalized spacial score (nSPS) is 11.5. The van der Waals surface area contributed by atoms with Gasteiger partial charge in [0.2, 0.25) is 0 Å². The van der Waals surface area contributed by atoms with Crippen LogP contribution in [0.5, 0.6) is 0 Å². The van der Waals surface area contributed by atoms with E-state index in [1.54, 1.807) is 0 Å². The molecule has 0 bridgehead atoms. The van der Waals surface area contributed by atoms with Gasteiger partial charge in [-0.1, -0.05) is 109 Å². The van der Waals surface area contributed by atoms with Crippen LogP contribution < -0.4 is 0 Å². The van der Waals surface area contributed by atoms with Crippen LogP contribution in [0.2, 0.25) is 0 Å². The zero-order valence-corrected chi connectivity index (χ0v) is 14.2. The first-order valence-electron chi connectivity index (χ1n) is 9.36. The number of allylic oxidation sites excluding steroid dienone is 2. The molecule has 0 rings (SSSR count). The van der Waals surface area contributed by atoms with Gasteiger partial charge >= 0.3 is 0 Å². The van der Waals surface area contributed by atoms with Crippen molar-refractivity contribution in [2.24, 2.45) is 0 Å². The van der Waals surface area contributed by atoms with E-state index in [4.69, 9.17) is 0 Å². The van der Waals surface area contributed by atoms with Crippen molar-refractivity contribution in [3.05, 3.63) is 19.1 Å². The van der Waals surface area contributed by atoms with Gasteiger partial charge in [0.25, 0.3) is 0 Å². The van der Waals surface area contributed by atoms with Crippen LogP contribution in [0.1, 0.15) is 110 Å². The lowest BCUT2D eigenvalue weighted by Gasteiger charge is -2.02. The van der Waals surface area contributed by atoms with Crippen LogP contribution in [0.4, 0.5) is 0 Å². The van der Waals surface area contributed by atoms with Gasteiger partial charge in [0.1, 0.15) is 0 Å². The molecule has 0 heterocycles. The maximum Gasteiger partial charge on any atom is -0.0351 e. The Kier molecular flexibility index (Phi) is 18.5. The standard InChI is InChI=1S/C20H39/c1-3-5-7-9-11-13-15-17-19-20-18-16-14-12-10-8-6-4-2/h10,12H,1,3-9,11,13-20H2,2H3/b12-10+. The Morgan fingerprint density at radius 3 is 1.40 bits per heavy atom. The molecule has 0 spiro atoms. The number of hydrogen-bond acceptors (Lipinski definition) is 0. The van der Waals surface area contributed by atoms with Crippen molar-refractivity contribution in [1.82, 2.24) is 0 Å². The summed E-state index contributed by atoms with van der Waals surface area (Å²) in [5, 5.41) is 0. The van der Waals surface area contributed by atoms with Crippen LogP contribution >= 0.6 is 0 Å². The maximum atomic E-state index is 3.89. The summed E-state index contributed by atoms with van der Waals surface area (Å²) in [6.45, 7) is 6.15. The minimum absolute atomic E-state index is 1.12. The molecule has 0 N–H and O–H groups in total. The second-order valence-corrected chi connectivity index (χ2v) is 6.14. The van der Waals surface area contributed by atoms with Gasteiger partial charge in [0.05, 0.1) is 0 Å². The molecule has 0 fully saturated rings. The summed E-state index contributed by atoms with van der Waals surface area (Å²) in [4.78, 5) is 0. The molecule has 0 nitrogen and oxygen atoms in total. The van der Waals surface area contributed by atoms with Crippen LogP contribution in [0, 0.1) is 6.92 Å². The van der Waals surface area contributed by atoms with Gasteiger partial charge in [-0.25, -0.2) is 0 Å². The lowest BCUT2D eigenvalue weighted by atomic mass is 10.0. The quantitative estimate of drug-likeness (QED) is 0.201. The van der Waals surface area contributed by atoms with Gasteiger partial charge in [-0.15, -0.1) is 0 Å². The number of hydrogen-bond donors (Lipinski definition) is 0. The lowest BCUT2D eigenvalue weighted by Crippen LogP contribution is -1.82. The van der Waals surface area contributed by atoms with E-state index < -0.39 is 0 Å². The molecule has 0 aliphatic heterocycles. The average molecular weight is 280 g/mol. The molecule has 0 heteroatoms. The summed E-state index contributed by atoms with van der Waals surface area (Å²) < 4.78 is 0. The van der Waals surface area contributed by atoms with E-state index >= 15 is 0 Å². The van der Waals surface area contributed by atoms with E-state index in [0.29, 0.717) is 0 Å². The van der Waals surface area contributed by atoms with Crippen molar-refractivity contribution >= 4 is 0 Å². The maximum absolute atomic E-state index is 3.89. The molecule has 0 saturated carbocycles. The fraction of sp³-hybridized carbons (Fsp3) is 0.850. The molecular weight excluding hydrogens is 240 g/mol. The number of unbranched alkanes of at least 4 members (excludes halogenated alkanes) is 14. The molecule has 0 atom stereocenters. The molecule has 119 valence electrons. The van der Waals surface area contributed by atoms with Gasteiger partial charge in [0.15, 0.2) is 0 Å². The first kappa shape index (κ1) is 19.7. The van der Waals surface area contributed by atoms with E-state index in [2.05, 4.69) is 26.0 Å². The first-order valence-corrected chi connectivity index (χ1v) is 9.36. The van der Waals surface area contributed by atoms with Gasteiger partial charge in [0, 0.05) is 0 Å². The Morgan fingerprint density at radius 2 is 0.950 bits per heavy atom. The molecular formula is C20H39. The fourth-order valence-electron chi connectivity index (χ4n) is 2.59. The topological polar surface area (TPSA) is 0 Å². The fourth-order valence-corrected chi connectivity index (χ4v) is 2.59. The van der Waals surface area contributed by atoms with Crippen LogP contribution in [0.15, 0.2) is 12.2 Å². The van der Waals surface area contributed by atoms with Crippen LogP contribution in [-0.4, -0.2) is 0 Å². The van der Waals surface area contributed by atoms with Gasteiger partial charge in [-0.05, 0) is 19.3 Å². The van der Waals surface area contributed by atoms with E-state index in [9.17, 15) is 0 Å². The van der Waals surface area contributed by atoms with Crippen LogP contribution in [-0.2, 0) is 0 Å². The summed E-state index contributed by atoms with van der Waals surface area (Å²) in [5.74, 6) is 0. The van der Waals surface area contributed by atoms with Crippen molar-refractivity contribution in [3.63, 3.8) is 0 Å². The minimum Gasteiger partial charge on any atom is -0.0885 e. The van der Waals surface area contributed by atoms with Gasteiger partial charge in [-0.2, -0.15) is 0 Å². The highest BCUT2D eigenvalue weighted by atomic mass is 14.0. The number of rotatable bonds is 16. The molecule has 0 unspecified atom stereocenters. The molecule has 0 aliphatic rings. The highest BCUT2D eigenvalue weighted by Crippen LogP contribution is 2.12. The Labute approximate surface area is 129 Å². The average Bonchev–Trinajstić information content (AvgIpc) is 2.47. The summed E-state index contributed by atoms with van der Waals surface area (Å²) >= 11 is 0. The van der Waals surface area contributed by atoms with Gasteiger partial charge in [-0.3, -0.25) is 0 Å². The highest BCUT2D eigenvalue weighted by molar-refractivity contribution is 4.81. The Hall–Kier alpha value is -0.260. The minimum atomic E-state index is 1.12. The Bertz CT molecular complexity index is 180. The summed E-state index contributed by atoms with van der Waals surface area (Å²) in [7, 11) is 0. The molecule has 0 saturated heterocycles. The van der Waals surface area contributed by atoms with Crippen LogP contribution in [0.3, 0.4) is 0 Å². The second-order valence-electron chi connectivity index (χ2n) is 6.14. The summed E-state index contributed by atoms with van der Waals surface area (Å²) in [5.41, 5.74) is 0. The van der Waals surface area contributed by atoms with Crippen molar-refractivity contribution in [3.8, 4) is 0 Å². The Morgan fingerprint density at radius 1 is 0.550 bits per heavy atom. The first-order chi connectivity index (χ1) is 9.91. The van der Waals surface area contributed by atoms with Crippen molar-refractivity contribution in [1.29, 1.82) is 0 Å². The van der Waals surface area contributed by atoms with Crippen molar-refractivity contribution < 1.29 is 0 Å². The molecule has 0 aromatic carbocycles. The zero-order valence-electron chi connectivity index (χ0n) is 14.2. The molecule has 0 aromatic rings. The zero-order chi connectivity index (χ0) is 14.7. The summed E-state index contributed by atoms with van der Waals surface area (Å²) in [6, 6.07) is 0. The van der Waals surface area contributed by atoms with E-state index in [0.717, 1.165) is 6.42 Å². The molecule has 0 aromatic heterocycles. The van der Waals surface area contributed by atoms with E-state index in [1.807, 2.05) is 0 Å². The van der Waals surface area contributed by atoms with Crippen LogP contribution in [0.25, 0.3) is 0 Å². The van der Waals surface area contributed by atoms with Crippen molar-refractivity contribution in [2.75, 3.05) is 0 Å². The van der Waals surface area contributed by atoms with E-state index in [1.165, 1.54) is 96.3 Å². The molecule has 0 amide bonds. The predicted molar refractivity (Wildman–Crippen MR) is 94.0 cm³/mol. The SMILES string of the molecule is [CH2]CCCCCCCCCCCCC/C=C/CCCC. The summed E-state index contributed by atoms with van der Waals surface area (Å²) in [6.07, 6.45) is 26.9. The highest BCUT2D eigenvalue weighted by Gasteiger charge is 1.92. The van der Waals surface area contributed by atoms with Gasteiger partial charge < -0.3 is 0 Å². The Balaban J connectivity index is 2.97. The molecule has 20 heavy (non-hydrogen) atoms. The smallest absolute Gasteiger partial charge is 0.0351 e. The third kappa shape index (κ3) is 17.7. The third-order valence-electron chi connectivity index (χ3n) is 4.01.